The lowest BCUT2D eigenvalue weighted by molar-refractivity contribution is -0.156. The predicted octanol–water partition coefficient (Wildman–Crippen LogP) is 4.74. The fourth-order valence-corrected chi connectivity index (χ4v) is 4.41. The number of carbonyl (C=O) groups excluding carboxylic acids is 3. The molecule has 0 spiro atoms. The van der Waals surface area contributed by atoms with Crippen molar-refractivity contribution < 1.29 is 23.9 Å². The molecule has 0 aromatic rings. The summed E-state index contributed by atoms with van der Waals surface area (Å²) in [4.78, 5) is 38.4. The molecule has 2 heterocycles. The number of esters is 1. The van der Waals surface area contributed by atoms with Crippen molar-refractivity contribution in [2.24, 2.45) is 11.8 Å². The molecule has 5 nitrogen and oxygen atoms in total. The number of rotatable bonds is 9. The van der Waals surface area contributed by atoms with Gasteiger partial charge in [0, 0.05) is 12.0 Å². The second kappa shape index (κ2) is 8.93. The molecule has 0 aromatic heterocycles. The van der Waals surface area contributed by atoms with E-state index in [1.165, 1.54) is 25.3 Å². The molecular weight excluding hydrogens is 368 g/mol. The molecule has 1 fully saturated rings. The first-order valence-electron chi connectivity index (χ1n) is 10.7. The Hall–Kier alpha value is -2.43. The van der Waals surface area contributed by atoms with E-state index >= 15 is 0 Å². The minimum Gasteiger partial charge on any atom is -0.465 e. The van der Waals surface area contributed by atoms with Crippen molar-refractivity contribution in [1.29, 1.82) is 0 Å². The standard InChI is InChI=1S/C24H30O5/c1-4-6-7-8-9-10-12-19(25)21-22-18-15-28-17(11-5-2)13-16(18)14-20(26)24(22,3)29-23(21)27/h5,11,13-15,21-22H,4,6-10,12H2,1-3H3/b11-5+/t21-,22-,24+/m1/s1. The molecule has 1 saturated heterocycles. The van der Waals surface area contributed by atoms with E-state index in [0.29, 0.717) is 23.3 Å². The summed E-state index contributed by atoms with van der Waals surface area (Å²) in [6, 6.07) is 0. The zero-order valence-electron chi connectivity index (χ0n) is 17.5. The summed E-state index contributed by atoms with van der Waals surface area (Å²) in [5.41, 5.74) is 0.0309. The van der Waals surface area contributed by atoms with Gasteiger partial charge in [0.05, 0.1) is 12.2 Å². The first-order chi connectivity index (χ1) is 13.9. The molecule has 3 atom stereocenters. The highest BCUT2D eigenvalue weighted by Gasteiger charge is 2.62. The number of carbonyl (C=O) groups is 3. The number of Topliss-reactive ketones (excluding diaryl/α,β-unsaturated/α-hetero) is 1. The lowest BCUT2D eigenvalue weighted by Gasteiger charge is -2.35. The van der Waals surface area contributed by atoms with Gasteiger partial charge >= 0.3 is 5.97 Å². The van der Waals surface area contributed by atoms with Gasteiger partial charge in [-0.2, -0.15) is 0 Å². The van der Waals surface area contributed by atoms with Crippen LogP contribution in [0.4, 0.5) is 0 Å². The topological polar surface area (TPSA) is 69.7 Å². The first kappa shape index (κ1) is 21.3. The van der Waals surface area contributed by atoms with E-state index in [1.54, 1.807) is 25.3 Å². The summed E-state index contributed by atoms with van der Waals surface area (Å²) in [6.07, 6.45) is 15.2. The maximum absolute atomic E-state index is 13.0. The van der Waals surface area contributed by atoms with Crippen LogP contribution in [0.15, 0.2) is 47.5 Å². The van der Waals surface area contributed by atoms with E-state index in [4.69, 9.17) is 9.47 Å². The molecule has 3 rings (SSSR count). The summed E-state index contributed by atoms with van der Waals surface area (Å²) >= 11 is 0. The number of hydrogen-bond donors (Lipinski definition) is 0. The number of unbranched alkanes of at least 4 members (excludes halogenated alkanes) is 5. The Kier molecular flexibility index (Phi) is 6.56. The molecular formula is C24H30O5. The maximum atomic E-state index is 13.0. The Morgan fingerprint density at radius 1 is 1.14 bits per heavy atom. The number of ketones is 2. The summed E-state index contributed by atoms with van der Waals surface area (Å²) in [7, 11) is 0. The third-order valence-electron chi connectivity index (χ3n) is 6.01. The molecule has 2 aliphatic heterocycles. The van der Waals surface area contributed by atoms with Gasteiger partial charge in [-0.1, -0.05) is 45.1 Å². The average molecular weight is 398 g/mol. The molecule has 1 aliphatic carbocycles. The summed E-state index contributed by atoms with van der Waals surface area (Å²) in [5, 5.41) is 0. The minimum absolute atomic E-state index is 0.141. The quantitative estimate of drug-likeness (QED) is 0.319. The van der Waals surface area contributed by atoms with E-state index in [2.05, 4.69) is 6.92 Å². The molecule has 29 heavy (non-hydrogen) atoms. The smallest absolute Gasteiger partial charge is 0.318 e. The van der Waals surface area contributed by atoms with Crippen LogP contribution >= 0.6 is 0 Å². The molecule has 0 N–H and O–H groups in total. The van der Waals surface area contributed by atoms with Gasteiger partial charge in [0.2, 0.25) is 0 Å². The molecule has 0 aromatic carbocycles. The van der Waals surface area contributed by atoms with Crippen LogP contribution in [0.25, 0.3) is 0 Å². The molecule has 0 amide bonds. The summed E-state index contributed by atoms with van der Waals surface area (Å²) in [5.74, 6) is -2.00. The largest absolute Gasteiger partial charge is 0.465 e. The van der Waals surface area contributed by atoms with Crippen molar-refractivity contribution in [3.05, 3.63) is 47.5 Å². The Morgan fingerprint density at radius 3 is 2.59 bits per heavy atom. The first-order valence-corrected chi connectivity index (χ1v) is 10.7. The number of allylic oxidation sites excluding steroid dienone is 4. The van der Waals surface area contributed by atoms with Gasteiger partial charge in [-0.05, 0) is 44.1 Å². The van der Waals surface area contributed by atoms with Crippen molar-refractivity contribution >= 4 is 17.5 Å². The molecule has 0 saturated carbocycles. The third-order valence-corrected chi connectivity index (χ3v) is 6.01. The number of ether oxygens (including phenoxy) is 2. The van der Waals surface area contributed by atoms with Crippen molar-refractivity contribution in [2.75, 3.05) is 0 Å². The molecule has 5 heteroatoms. The molecule has 156 valence electrons. The third kappa shape index (κ3) is 4.14. The van der Waals surface area contributed by atoms with E-state index in [0.717, 1.165) is 19.3 Å². The average Bonchev–Trinajstić information content (AvgIpc) is 2.97. The Bertz CT molecular complexity index is 813. The van der Waals surface area contributed by atoms with Gasteiger partial charge in [0.25, 0.3) is 0 Å². The van der Waals surface area contributed by atoms with Crippen molar-refractivity contribution in [1.82, 2.24) is 0 Å². The lowest BCUT2D eigenvalue weighted by Crippen LogP contribution is -2.46. The normalized spacial score (nSPS) is 28.2. The second-order valence-electron chi connectivity index (χ2n) is 8.17. The SMILES string of the molecule is C/C=C/C1=CC2=CC(=O)[C@]3(C)OC(=O)[C@H](C(=O)CCCCCCCC)[C@H]3C2=CO1. The van der Waals surface area contributed by atoms with Gasteiger partial charge in [0.1, 0.15) is 17.5 Å². The second-order valence-corrected chi connectivity index (χ2v) is 8.17. The lowest BCUT2D eigenvalue weighted by atomic mass is 9.67. The van der Waals surface area contributed by atoms with Crippen LogP contribution in [0, 0.1) is 11.8 Å². The fourth-order valence-electron chi connectivity index (χ4n) is 4.41. The summed E-state index contributed by atoms with van der Waals surface area (Å²) < 4.78 is 11.2. The zero-order valence-corrected chi connectivity index (χ0v) is 17.5. The molecule has 0 bridgehead atoms. The Labute approximate surface area is 172 Å². The van der Waals surface area contributed by atoms with Gasteiger partial charge in [-0.25, -0.2) is 0 Å². The van der Waals surface area contributed by atoms with Crippen LogP contribution in [-0.4, -0.2) is 23.1 Å². The van der Waals surface area contributed by atoms with Gasteiger partial charge in [-0.3, -0.25) is 14.4 Å². The van der Waals surface area contributed by atoms with Crippen molar-refractivity contribution in [2.45, 2.75) is 71.3 Å². The van der Waals surface area contributed by atoms with E-state index in [9.17, 15) is 14.4 Å². The van der Waals surface area contributed by atoms with Crippen molar-refractivity contribution in [3.8, 4) is 0 Å². The fraction of sp³-hybridized carbons (Fsp3) is 0.542. The zero-order chi connectivity index (χ0) is 21.0. The van der Waals surface area contributed by atoms with Gasteiger partial charge < -0.3 is 9.47 Å². The van der Waals surface area contributed by atoms with Crippen LogP contribution in [-0.2, 0) is 23.9 Å². The minimum atomic E-state index is -1.34. The van der Waals surface area contributed by atoms with E-state index < -0.39 is 23.4 Å². The van der Waals surface area contributed by atoms with Gasteiger partial charge in [-0.15, -0.1) is 0 Å². The van der Waals surface area contributed by atoms with Gasteiger partial charge in [0.15, 0.2) is 11.4 Å². The highest BCUT2D eigenvalue weighted by molar-refractivity contribution is 6.09. The van der Waals surface area contributed by atoms with Crippen LogP contribution in [0.1, 0.15) is 65.7 Å². The monoisotopic (exact) mass is 398 g/mol. The van der Waals surface area contributed by atoms with Crippen LogP contribution < -0.4 is 0 Å². The molecule has 0 unspecified atom stereocenters. The highest BCUT2D eigenvalue weighted by Crippen LogP contribution is 2.50. The highest BCUT2D eigenvalue weighted by atomic mass is 16.6. The van der Waals surface area contributed by atoms with Crippen LogP contribution in [0.2, 0.25) is 0 Å². The Morgan fingerprint density at radius 2 is 1.86 bits per heavy atom. The predicted molar refractivity (Wildman–Crippen MR) is 110 cm³/mol. The van der Waals surface area contributed by atoms with E-state index in [-0.39, 0.29) is 11.6 Å². The van der Waals surface area contributed by atoms with Crippen LogP contribution in [0.3, 0.4) is 0 Å². The Balaban J connectivity index is 1.77. The maximum Gasteiger partial charge on any atom is 0.318 e. The summed E-state index contributed by atoms with van der Waals surface area (Å²) in [6.45, 7) is 5.65. The molecule has 0 radical (unpaired) electrons. The number of fused-ring (bicyclic) bond motifs is 3. The van der Waals surface area contributed by atoms with Crippen LogP contribution in [0.5, 0.6) is 0 Å². The number of hydrogen-bond acceptors (Lipinski definition) is 5. The molecule has 3 aliphatic rings. The van der Waals surface area contributed by atoms with E-state index in [1.807, 2.05) is 13.0 Å². The van der Waals surface area contributed by atoms with Crippen molar-refractivity contribution in [3.63, 3.8) is 0 Å².